The smallest absolute Gasteiger partial charge is 0.128 e. The van der Waals surface area contributed by atoms with Gasteiger partial charge in [0.1, 0.15) is 11.5 Å². The van der Waals surface area contributed by atoms with Crippen LogP contribution in [0, 0.1) is 13.8 Å². The second kappa shape index (κ2) is 9.48. The lowest BCUT2D eigenvalue weighted by molar-refractivity contribution is 0.444. The highest BCUT2D eigenvalue weighted by molar-refractivity contribution is 5.86. The fraction of sp³-hybridized carbons (Fsp3) is 0.500. The van der Waals surface area contributed by atoms with E-state index < -0.39 is 0 Å². The third kappa shape index (κ3) is 6.21. The first-order chi connectivity index (χ1) is 14.6. The molecule has 0 aliphatic heterocycles. The maximum atomic E-state index is 10.8. The monoisotopic (exact) mass is 436 g/mol. The van der Waals surface area contributed by atoms with Crippen LogP contribution in [0.5, 0.6) is 11.5 Å². The summed E-state index contributed by atoms with van der Waals surface area (Å²) in [5.74, 6) is 0.573. The summed E-state index contributed by atoms with van der Waals surface area (Å²) in [7, 11) is 0. The quantitative estimate of drug-likeness (QED) is 0.517. The first kappa shape index (κ1) is 25.6. The summed E-state index contributed by atoms with van der Waals surface area (Å²) in [5, 5.41) is 21.5. The maximum absolute atomic E-state index is 10.8. The van der Waals surface area contributed by atoms with Crippen LogP contribution in [-0.2, 0) is 10.8 Å². The first-order valence-corrected chi connectivity index (χ1v) is 11.4. The molecular weight excluding hydrogens is 396 g/mol. The van der Waals surface area contributed by atoms with Gasteiger partial charge in [0.25, 0.3) is 0 Å². The lowest BCUT2D eigenvalue weighted by atomic mass is 9.84. The van der Waals surface area contributed by atoms with Gasteiger partial charge in [-0.05, 0) is 61.8 Å². The Morgan fingerprint density at radius 3 is 1.25 bits per heavy atom. The summed E-state index contributed by atoms with van der Waals surface area (Å²) < 4.78 is 0. The van der Waals surface area contributed by atoms with Crippen molar-refractivity contribution in [2.24, 2.45) is 9.98 Å². The number of hydrogen-bond donors (Lipinski definition) is 2. The van der Waals surface area contributed by atoms with Crippen molar-refractivity contribution in [3.63, 3.8) is 0 Å². The lowest BCUT2D eigenvalue weighted by Gasteiger charge is -2.22. The average molecular weight is 437 g/mol. The van der Waals surface area contributed by atoms with Gasteiger partial charge in [-0.2, -0.15) is 0 Å². The molecule has 0 aliphatic carbocycles. The van der Waals surface area contributed by atoms with Crippen molar-refractivity contribution >= 4 is 12.4 Å². The minimum Gasteiger partial charge on any atom is -0.507 e. The molecule has 0 aliphatic rings. The third-order valence-electron chi connectivity index (χ3n) is 5.78. The molecule has 2 atom stereocenters. The minimum atomic E-state index is -0.149. The van der Waals surface area contributed by atoms with Gasteiger partial charge in [-0.1, -0.05) is 53.7 Å². The van der Waals surface area contributed by atoms with Crippen molar-refractivity contribution in [2.75, 3.05) is 0 Å². The third-order valence-corrected chi connectivity index (χ3v) is 5.78. The number of rotatable bonds is 5. The fourth-order valence-electron chi connectivity index (χ4n) is 3.60. The molecule has 0 saturated heterocycles. The number of phenols is 2. The predicted octanol–water partition coefficient (Wildman–Crippen LogP) is 6.62. The molecule has 4 heteroatoms. The SMILES string of the molecule is Cc1cc(C=N[C@H](C)[C@@H](C)N=Cc2cc(C)cc(C(C)(C)C)c2O)c(O)c(C(C)(C)C)c1. The van der Waals surface area contributed by atoms with Crippen molar-refractivity contribution < 1.29 is 10.2 Å². The van der Waals surface area contributed by atoms with Gasteiger partial charge in [0, 0.05) is 34.7 Å². The second-order valence-electron chi connectivity index (χ2n) is 11.0. The van der Waals surface area contributed by atoms with Gasteiger partial charge < -0.3 is 10.2 Å². The van der Waals surface area contributed by atoms with E-state index in [4.69, 9.17) is 0 Å². The summed E-state index contributed by atoms with van der Waals surface area (Å²) in [6, 6.07) is 7.80. The van der Waals surface area contributed by atoms with Gasteiger partial charge in [-0.15, -0.1) is 0 Å². The topological polar surface area (TPSA) is 65.2 Å². The largest absolute Gasteiger partial charge is 0.507 e. The summed E-state index contributed by atoms with van der Waals surface area (Å²) in [6.45, 7) is 20.6. The van der Waals surface area contributed by atoms with E-state index in [1.54, 1.807) is 12.4 Å². The van der Waals surface area contributed by atoms with Crippen molar-refractivity contribution in [3.05, 3.63) is 57.6 Å². The molecule has 0 amide bonds. The van der Waals surface area contributed by atoms with E-state index in [1.165, 1.54) is 0 Å². The van der Waals surface area contributed by atoms with E-state index in [-0.39, 0.29) is 34.4 Å². The van der Waals surface area contributed by atoms with Crippen LogP contribution < -0.4 is 0 Å². The molecule has 2 N–H and O–H groups in total. The van der Waals surface area contributed by atoms with Crippen molar-refractivity contribution in [3.8, 4) is 11.5 Å². The zero-order valence-electron chi connectivity index (χ0n) is 21.4. The zero-order valence-corrected chi connectivity index (χ0v) is 21.4. The van der Waals surface area contributed by atoms with Gasteiger partial charge in [-0.3, -0.25) is 9.98 Å². The molecule has 2 rings (SSSR count). The van der Waals surface area contributed by atoms with Gasteiger partial charge in [0.15, 0.2) is 0 Å². The molecule has 32 heavy (non-hydrogen) atoms. The molecule has 0 saturated carbocycles. The van der Waals surface area contributed by atoms with Crippen LogP contribution in [-0.4, -0.2) is 34.7 Å². The molecule has 174 valence electrons. The Labute approximate surface area is 194 Å². The number of aryl methyl sites for hydroxylation is 2. The maximum Gasteiger partial charge on any atom is 0.128 e. The van der Waals surface area contributed by atoms with E-state index in [0.29, 0.717) is 0 Å². The predicted molar refractivity (Wildman–Crippen MR) is 137 cm³/mol. The van der Waals surface area contributed by atoms with E-state index >= 15 is 0 Å². The van der Waals surface area contributed by atoms with Crippen LogP contribution in [0.4, 0.5) is 0 Å². The van der Waals surface area contributed by atoms with Crippen LogP contribution in [0.25, 0.3) is 0 Å². The first-order valence-electron chi connectivity index (χ1n) is 11.4. The van der Waals surface area contributed by atoms with E-state index in [2.05, 4.69) is 51.5 Å². The van der Waals surface area contributed by atoms with Gasteiger partial charge in [0.2, 0.25) is 0 Å². The Kier molecular flexibility index (Phi) is 7.59. The van der Waals surface area contributed by atoms with Crippen molar-refractivity contribution in [2.45, 2.75) is 92.2 Å². The Morgan fingerprint density at radius 2 is 0.969 bits per heavy atom. The van der Waals surface area contributed by atoms with Gasteiger partial charge in [-0.25, -0.2) is 0 Å². The van der Waals surface area contributed by atoms with E-state index in [9.17, 15) is 10.2 Å². The summed E-state index contributed by atoms with van der Waals surface area (Å²) in [6.07, 6.45) is 3.49. The molecule has 2 aromatic carbocycles. The molecule has 4 nitrogen and oxygen atoms in total. The second-order valence-corrected chi connectivity index (χ2v) is 11.0. The van der Waals surface area contributed by atoms with Crippen LogP contribution in [0.3, 0.4) is 0 Å². The zero-order chi connectivity index (χ0) is 24.4. The summed E-state index contributed by atoms with van der Waals surface area (Å²) >= 11 is 0. The molecule has 0 unspecified atom stereocenters. The average Bonchev–Trinajstić information content (AvgIpc) is 2.66. The molecule has 0 radical (unpaired) electrons. The molecule has 0 heterocycles. The lowest BCUT2D eigenvalue weighted by Crippen LogP contribution is -2.17. The van der Waals surface area contributed by atoms with E-state index in [0.717, 1.165) is 33.4 Å². The van der Waals surface area contributed by atoms with Crippen LogP contribution in [0.2, 0.25) is 0 Å². The molecule has 0 bridgehead atoms. The summed E-state index contributed by atoms with van der Waals surface area (Å²) in [4.78, 5) is 9.33. The van der Waals surface area contributed by atoms with Crippen LogP contribution >= 0.6 is 0 Å². The Bertz CT molecular complexity index is 938. The standard InChI is InChI=1S/C28H40N2O2/c1-17-11-21(25(31)23(13-17)27(5,6)7)15-29-19(3)20(4)30-16-22-12-18(2)14-24(26(22)32)28(8,9)10/h11-16,19-20,31-32H,1-10H3/t19-,20-/m1/s1. The van der Waals surface area contributed by atoms with Gasteiger partial charge >= 0.3 is 0 Å². The minimum absolute atomic E-state index is 0.0849. The molecule has 0 spiro atoms. The molecular formula is C28H40N2O2. The van der Waals surface area contributed by atoms with Gasteiger partial charge in [0.05, 0.1) is 12.1 Å². The van der Waals surface area contributed by atoms with Crippen LogP contribution in [0.1, 0.15) is 88.8 Å². The highest BCUT2D eigenvalue weighted by Crippen LogP contribution is 2.35. The Balaban J connectivity index is 2.26. The fourth-order valence-corrected chi connectivity index (χ4v) is 3.60. The number of hydrogen-bond acceptors (Lipinski definition) is 4. The normalized spacial score (nSPS) is 14.9. The number of aliphatic imine (C=N–C) groups is 2. The number of nitrogens with zero attached hydrogens (tertiary/aromatic N) is 2. The molecule has 2 aromatic rings. The summed E-state index contributed by atoms with van der Waals surface area (Å²) in [5.41, 5.74) is 5.18. The highest BCUT2D eigenvalue weighted by atomic mass is 16.3. The van der Waals surface area contributed by atoms with E-state index in [1.807, 2.05) is 52.0 Å². The molecule has 0 aromatic heterocycles. The molecule has 0 fully saturated rings. The van der Waals surface area contributed by atoms with Crippen molar-refractivity contribution in [1.29, 1.82) is 0 Å². The highest BCUT2D eigenvalue weighted by Gasteiger charge is 2.21. The number of aromatic hydroxyl groups is 2. The number of phenolic OH excluding ortho intramolecular Hbond substituents is 2. The number of benzene rings is 2. The van der Waals surface area contributed by atoms with Crippen molar-refractivity contribution in [1.82, 2.24) is 0 Å². The Hall–Kier alpha value is -2.62. The van der Waals surface area contributed by atoms with Crippen LogP contribution in [0.15, 0.2) is 34.3 Å². The Morgan fingerprint density at radius 1 is 0.656 bits per heavy atom.